The minimum absolute atomic E-state index is 0.958. The third kappa shape index (κ3) is 3.69. The predicted octanol–water partition coefficient (Wildman–Crippen LogP) is -0.561. The summed E-state index contributed by atoms with van der Waals surface area (Å²) in [4.78, 5) is 8.46. The van der Waals surface area contributed by atoms with Crippen LogP contribution in [0.2, 0.25) is 0 Å². The van der Waals surface area contributed by atoms with Crippen LogP contribution in [0.15, 0.2) is 4.99 Å². The van der Waals surface area contributed by atoms with Crippen molar-refractivity contribution in [3.63, 3.8) is 0 Å². The quantitative estimate of drug-likeness (QED) is 0.528. The van der Waals surface area contributed by atoms with Crippen LogP contribution in [0.25, 0.3) is 0 Å². The molecule has 0 bridgehead atoms. The van der Waals surface area contributed by atoms with E-state index in [1.807, 2.05) is 0 Å². The maximum Gasteiger partial charge on any atom is 0.0825 e. The molecule has 0 atom stereocenters. The molecule has 0 radical (unpaired) electrons. The van der Waals surface area contributed by atoms with E-state index in [-0.39, 0.29) is 0 Å². The Balaban J connectivity index is 0.000000127. The fourth-order valence-electron chi connectivity index (χ4n) is 1.22. The van der Waals surface area contributed by atoms with E-state index in [1.165, 1.54) is 13.1 Å². The Labute approximate surface area is 74.3 Å². The highest BCUT2D eigenvalue weighted by molar-refractivity contribution is 5.56. The van der Waals surface area contributed by atoms with Crippen molar-refractivity contribution >= 4 is 6.34 Å². The average molecular weight is 170 g/mol. The zero-order valence-corrected chi connectivity index (χ0v) is 7.95. The molecule has 70 valence electrons. The summed E-state index contributed by atoms with van der Waals surface area (Å²) in [7, 11) is 4.28. The van der Waals surface area contributed by atoms with Crippen molar-refractivity contribution in [3.05, 3.63) is 0 Å². The smallest absolute Gasteiger partial charge is 0.0825 e. The first-order valence-electron chi connectivity index (χ1n) is 4.38. The van der Waals surface area contributed by atoms with Crippen LogP contribution in [0, 0.1) is 0 Å². The summed E-state index contributed by atoms with van der Waals surface area (Å²) in [5.41, 5.74) is 0. The molecule has 0 saturated carbocycles. The third-order valence-corrected chi connectivity index (χ3v) is 1.91. The number of hydrogen-bond acceptors (Lipinski definition) is 4. The van der Waals surface area contributed by atoms with Crippen LogP contribution in [-0.4, -0.2) is 63.1 Å². The molecular formula is C8H18N4. The van der Waals surface area contributed by atoms with E-state index in [2.05, 4.69) is 34.2 Å². The molecule has 4 heteroatoms. The third-order valence-electron chi connectivity index (χ3n) is 1.91. The Bertz CT molecular complexity index is 132. The van der Waals surface area contributed by atoms with E-state index >= 15 is 0 Å². The molecule has 0 aromatic carbocycles. The second kappa shape index (κ2) is 5.11. The lowest BCUT2D eigenvalue weighted by Gasteiger charge is -2.06. The molecular weight excluding hydrogens is 152 g/mol. The van der Waals surface area contributed by atoms with Gasteiger partial charge in [0.1, 0.15) is 0 Å². The highest BCUT2D eigenvalue weighted by atomic mass is 15.3. The van der Waals surface area contributed by atoms with Gasteiger partial charge in [0.25, 0.3) is 0 Å². The molecule has 0 unspecified atom stereocenters. The molecule has 4 nitrogen and oxygen atoms in total. The molecule has 1 fully saturated rings. The van der Waals surface area contributed by atoms with E-state index in [9.17, 15) is 0 Å². The van der Waals surface area contributed by atoms with E-state index in [0.717, 1.165) is 19.8 Å². The Morgan fingerprint density at radius 1 is 1.25 bits per heavy atom. The zero-order valence-electron chi connectivity index (χ0n) is 7.95. The van der Waals surface area contributed by atoms with Crippen molar-refractivity contribution in [1.82, 2.24) is 15.1 Å². The van der Waals surface area contributed by atoms with Crippen LogP contribution < -0.4 is 5.32 Å². The van der Waals surface area contributed by atoms with Gasteiger partial charge in [-0.15, -0.1) is 0 Å². The second-order valence-corrected chi connectivity index (χ2v) is 3.29. The van der Waals surface area contributed by atoms with E-state index in [4.69, 9.17) is 0 Å². The molecule has 0 aliphatic carbocycles. The summed E-state index contributed by atoms with van der Waals surface area (Å²) < 4.78 is 0. The summed E-state index contributed by atoms with van der Waals surface area (Å²) in [6.45, 7) is 5.59. The Morgan fingerprint density at radius 3 is 2.08 bits per heavy atom. The molecule has 2 rings (SSSR count). The van der Waals surface area contributed by atoms with Crippen molar-refractivity contribution in [2.75, 3.05) is 46.9 Å². The van der Waals surface area contributed by atoms with Gasteiger partial charge >= 0.3 is 0 Å². The van der Waals surface area contributed by atoms with Gasteiger partial charge in [-0.3, -0.25) is 14.8 Å². The van der Waals surface area contributed by atoms with Gasteiger partial charge < -0.3 is 5.32 Å². The van der Waals surface area contributed by atoms with Crippen molar-refractivity contribution in [2.45, 2.75) is 0 Å². The maximum atomic E-state index is 3.85. The van der Waals surface area contributed by atoms with Crippen LogP contribution in [0.4, 0.5) is 0 Å². The van der Waals surface area contributed by atoms with E-state index < -0.39 is 0 Å². The van der Waals surface area contributed by atoms with Gasteiger partial charge in [0.05, 0.1) is 19.6 Å². The van der Waals surface area contributed by atoms with Gasteiger partial charge in [-0.1, -0.05) is 0 Å². The zero-order chi connectivity index (χ0) is 8.81. The lowest BCUT2D eigenvalue weighted by atomic mass is 10.6. The molecule has 2 aliphatic heterocycles. The predicted molar refractivity (Wildman–Crippen MR) is 51.5 cm³/mol. The monoisotopic (exact) mass is 170 g/mol. The van der Waals surface area contributed by atoms with Crippen LogP contribution >= 0.6 is 0 Å². The molecule has 1 N–H and O–H groups in total. The van der Waals surface area contributed by atoms with Crippen LogP contribution in [0.1, 0.15) is 0 Å². The molecule has 2 aliphatic rings. The van der Waals surface area contributed by atoms with Gasteiger partial charge in [-0.05, 0) is 14.1 Å². The van der Waals surface area contributed by atoms with Crippen molar-refractivity contribution in [1.29, 1.82) is 0 Å². The first-order valence-corrected chi connectivity index (χ1v) is 4.38. The average Bonchev–Trinajstić information content (AvgIpc) is 2.63. The molecule has 0 aromatic heterocycles. The fraction of sp³-hybridized carbons (Fsp3) is 0.875. The van der Waals surface area contributed by atoms with Gasteiger partial charge in [0.2, 0.25) is 0 Å². The SMILES string of the molecule is C1=NCCN1.CN1CCN(C)C1. The van der Waals surface area contributed by atoms with Gasteiger partial charge in [0.15, 0.2) is 0 Å². The van der Waals surface area contributed by atoms with Gasteiger partial charge in [-0.2, -0.15) is 0 Å². The topological polar surface area (TPSA) is 30.9 Å². The van der Waals surface area contributed by atoms with E-state index in [1.54, 1.807) is 6.34 Å². The lowest BCUT2D eigenvalue weighted by Crippen LogP contribution is -2.17. The molecule has 0 aromatic rings. The molecule has 12 heavy (non-hydrogen) atoms. The highest BCUT2D eigenvalue weighted by Gasteiger charge is 2.09. The number of aliphatic imine (C=N–C) groups is 1. The van der Waals surface area contributed by atoms with Crippen molar-refractivity contribution < 1.29 is 0 Å². The summed E-state index contributed by atoms with van der Waals surface area (Å²) in [6.07, 6.45) is 1.74. The summed E-state index contributed by atoms with van der Waals surface area (Å²) in [6, 6.07) is 0. The number of likely N-dealkylation sites (N-methyl/N-ethyl adjacent to an activating group) is 2. The minimum Gasteiger partial charge on any atom is -0.375 e. The molecule has 1 saturated heterocycles. The number of rotatable bonds is 0. The first kappa shape index (κ1) is 9.48. The van der Waals surface area contributed by atoms with Crippen LogP contribution in [-0.2, 0) is 0 Å². The van der Waals surface area contributed by atoms with Gasteiger partial charge in [0, 0.05) is 19.6 Å². The van der Waals surface area contributed by atoms with Crippen molar-refractivity contribution in [3.8, 4) is 0 Å². The number of nitrogens with zero attached hydrogens (tertiary/aromatic N) is 3. The molecule has 0 spiro atoms. The summed E-state index contributed by atoms with van der Waals surface area (Å²) >= 11 is 0. The normalized spacial score (nSPS) is 23.5. The first-order chi connectivity index (χ1) is 5.79. The van der Waals surface area contributed by atoms with Crippen molar-refractivity contribution in [2.24, 2.45) is 4.99 Å². The van der Waals surface area contributed by atoms with E-state index in [0.29, 0.717) is 0 Å². The standard InChI is InChI=1S/C5H12N2.C3H6N2/c1-6-3-4-7(2)5-6;1-2-5-3-4-1/h3-5H2,1-2H3;3H,1-2H2,(H,4,5). The lowest BCUT2D eigenvalue weighted by molar-refractivity contribution is 0.318. The Hall–Kier alpha value is -0.610. The largest absolute Gasteiger partial charge is 0.375 e. The van der Waals surface area contributed by atoms with Gasteiger partial charge in [-0.25, -0.2) is 0 Å². The summed E-state index contributed by atoms with van der Waals surface area (Å²) in [5, 5.41) is 2.93. The minimum atomic E-state index is 0.958. The maximum absolute atomic E-state index is 3.85. The van der Waals surface area contributed by atoms with Crippen LogP contribution in [0.3, 0.4) is 0 Å². The fourth-order valence-corrected chi connectivity index (χ4v) is 1.22. The molecule has 2 heterocycles. The second-order valence-electron chi connectivity index (χ2n) is 3.29. The number of hydrogen-bond donors (Lipinski definition) is 1. The Morgan fingerprint density at radius 2 is 1.92 bits per heavy atom. The summed E-state index contributed by atoms with van der Waals surface area (Å²) in [5.74, 6) is 0. The Kier molecular flexibility index (Phi) is 4.04. The van der Waals surface area contributed by atoms with Crippen LogP contribution in [0.5, 0.6) is 0 Å². The molecule has 0 amide bonds. The number of nitrogens with one attached hydrogen (secondary N) is 1. The highest BCUT2D eigenvalue weighted by Crippen LogP contribution is 1.95.